The van der Waals surface area contributed by atoms with Crippen molar-refractivity contribution in [3.05, 3.63) is 35.9 Å². The first-order valence-electron chi connectivity index (χ1n) is 5.38. The van der Waals surface area contributed by atoms with Crippen LogP contribution in [-0.4, -0.2) is 26.2 Å². The standard InChI is InChI=1S/C11H15N5S/c1-7(12)10(9-4-3-5-13-6-9)17-11-14-8(2)15-16-11/h3-7,10H,12H2,1-2H3,(H,14,15,16). The van der Waals surface area contributed by atoms with Crippen LogP contribution in [-0.2, 0) is 0 Å². The summed E-state index contributed by atoms with van der Waals surface area (Å²) in [5.41, 5.74) is 7.10. The van der Waals surface area contributed by atoms with E-state index in [0.717, 1.165) is 11.4 Å². The van der Waals surface area contributed by atoms with E-state index < -0.39 is 0 Å². The fourth-order valence-electron chi connectivity index (χ4n) is 1.51. The molecule has 0 aliphatic rings. The van der Waals surface area contributed by atoms with Gasteiger partial charge < -0.3 is 5.73 Å². The van der Waals surface area contributed by atoms with Crippen molar-refractivity contribution < 1.29 is 0 Å². The molecule has 2 heterocycles. The lowest BCUT2D eigenvalue weighted by atomic mass is 10.1. The molecule has 2 rings (SSSR count). The molecule has 0 radical (unpaired) electrons. The van der Waals surface area contributed by atoms with Gasteiger partial charge in [0.05, 0.1) is 5.25 Å². The zero-order valence-corrected chi connectivity index (χ0v) is 10.6. The summed E-state index contributed by atoms with van der Waals surface area (Å²) in [5, 5.41) is 7.77. The molecule has 0 amide bonds. The normalized spacial score (nSPS) is 14.5. The first-order valence-corrected chi connectivity index (χ1v) is 6.26. The average Bonchev–Trinajstić information content (AvgIpc) is 2.73. The quantitative estimate of drug-likeness (QED) is 0.806. The van der Waals surface area contributed by atoms with Gasteiger partial charge in [0, 0.05) is 18.4 Å². The molecule has 3 N–H and O–H groups in total. The van der Waals surface area contributed by atoms with Crippen molar-refractivity contribution >= 4 is 11.8 Å². The van der Waals surface area contributed by atoms with E-state index in [-0.39, 0.29) is 11.3 Å². The Bertz CT molecular complexity index is 468. The summed E-state index contributed by atoms with van der Waals surface area (Å²) in [6.45, 7) is 3.85. The summed E-state index contributed by atoms with van der Waals surface area (Å²) in [7, 11) is 0. The Balaban J connectivity index is 2.19. The van der Waals surface area contributed by atoms with E-state index in [1.165, 1.54) is 0 Å². The van der Waals surface area contributed by atoms with Crippen LogP contribution in [0.2, 0.25) is 0 Å². The number of aromatic amines is 1. The molecule has 5 nitrogen and oxygen atoms in total. The number of nitrogens with one attached hydrogen (secondary N) is 1. The Morgan fingerprint density at radius 3 is 2.82 bits per heavy atom. The Morgan fingerprint density at radius 1 is 1.47 bits per heavy atom. The van der Waals surface area contributed by atoms with Gasteiger partial charge in [-0.1, -0.05) is 17.8 Å². The number of hydrogen-bond acceptors (Lipinski definition) is 5. The third-order valence-electron chi connectivity index (χ3n) is 2.30. The minimum absolute atomic E-state index is 0.00278. The molecule has 0 saturated carbocycles. The second kappa shape index (κ2) is 5.29. The van der Waals surface area contributed by atoms with E-state index in [4.69, 9.17) is 5.73 Å². The summed E-state index contributed by atoms with van der Waals surface area (Å²) in [4.78, 5) is 8.40. The van der Waals surface area contributed by atoms with E-state index in [9.17, 15) is 0 Å². The zero-order chi connectivity index (χ0) is 12.3. The highest BCUT2D eigenvalue weighted by molar-refractivity contribution is 7.99. The predicted octanol–water partition coefficient (Wildman–Crippen LogP) is 1.69. The minimum Gasteiger partial charge on any atom is -0.327 e. The molecule has 2 aromatic rings. The van der Waals surface area contributed by atoms with Gasteiger partial charge in [-0.25, -0.2) is 4.98 Å². The maximum absolute atomic E-state index is 6.01. The lowest BCUT2D eigenvalue weighted by Crippen LogP contribution is -2.22. The second-order valence-corrected chi connectivity index (χ2v) is 5.00. The lowest BCUT2D eigenvalue weighted by Gasteiger charge is -2.18. The number of rotatable bonds is 4. The summed E-state index contributed by atoms with van der Waals surface area (Å²) >= 11 is 1.55. The third-order valence-corrected chi connectivity index (χ3v) is 3.65. The number of nitrogens with two attached hydrogens (primary N) is 1. The van der Waals surface area contributed by atoms with Crippen molar-refractivity contribution in [2.75, 3.05) is 0 Å². The largest absolute Gasteiger partial charge is 0.327 e. The zero-order valence-electron chi connectivity index (χ0n) is 9.79. The molecule has 2 unspecified atom stereocenters. The van der Waals surface area contributed by atoms with Gasteiger partial charge in [0.1, 0.15) is 5.82 Å². The Labute approximate surface area is 104 Å². The monoisotopic (exact) mass is 249 g/mol. The maximum Gasteiger partial charge on any atom is 0.209 e. The molecular formula is C11H15N5S. The molecule has 2 atom stereocenters. The average molecular weight is 249 g/mol. The summed E-state index contributed by atoms with van der Waals surface area (Å²) in [6.07, 6.45) is 3.59. The summed E-state index contributed by atoms with van der Waals surface area (Å²) in [6, 6.07) is 3.94. The summed E-state index contributed by atoms with van der Waals surface area (Å²) in [5.74, 6) is 0.808. The molecule has 90 valence electrons. The van der Waals surface area contributed by atoms with Crippen LogP contribution in [0.4, 0.5) is 0 Å². The molecule has 0 fully saturated rings. The number of thioether (sulfide) groups is 1. The first-order chi connectivity index (χ1) is 8.16. The van der Waals surface area contributed by atoms with Crippen molar-refractivity contribution in [3.63, 3.8) is 0 Å². The van der Waals surface area contributed by atoms with Gasteiger partial charge in [0.15, 0.2) is 0 Å². The van der Waals surface area contributed by atoms with Crippen LogP contribution in [0.5, 0.6) is 0 Å². The fourth-order valence-corrected chi connectivity index (χ4v) is 2.52. The number of pyridine rings is 1. The van der Waals surface area contributed by atoms with Gasteiger partial charge in [0.2, 0.25) is 5.16 Å². The molecule has 0 saturated heterocycles. The van der Waals surface area contributed by atoms with E-state index in [1.807, 2.05) is 32.2 Å². The van der Waals surface area contributed by atoms with Gasteiger partial charge in [-0.15, -0.1) is 5.10 Å². The first kappa shape index (κ1) is 12.1. The van der Waals surface area contributed by atoms with E-state index in [0.29, 0.717) is 5.16 Å². The van der Waals surface area contributed by atoms with Crippen LogP contribution < -0.4 is 5.73 Å². The topological polar surface area (TPSA) is 80.5 Å². The van der Waals surface area contributed by atoms with Crippen LogP contribution in [0.15, 0.2) is 29.7 Å². The van der Waals surface area contributed by atoms with Gasteiger partial charge in [-0.2, -0.15) is 0 Å². The number of hydrogen-bond donors (Lipinski definition) is 2. The van der Waals surface area contributed by atoms with Crippen molar-refractivity contribution in [2.45, 2.75) is 30.3 Å². The molecule has 2 aromatic heterocycles. The van der Waals surface area contributed by atoms with Crippen LogP contribution in [0.25, 0.3) is 0 Å². The van der Waals surface area contributed by atoms with Gasteiger partial charge in [-0.05, 0) is 25.5 Å². The molecule has 0 aromatic carbocycles. The van der Waals surface area contributed by atoms with Gasteiger partial charge >= 0.3 is 0 Å². The Hall–Kier alpha value is -1.40. The Kier molecular flexibility index (Phi) is 3.75. The highest BCUT2D eigenvalue weighted by atomic mass is 32.2. The second-order valence-electron chi connectivity index (χ2n) is 3.89. The Morgan fingerprint density at radius 2 is 2.29 bits per heavy atom. The van der Waals surface area contributed by atoms with E-state index in [1.54, 1.807) is 18.0 Å². The molecule has 6 heteroatoms. The van der Waals surface area contributed by atoms with Crippen molar-refractivity contribution in [1.82, 2.24) is 20.2 Å². The number of nitrogens with zero attached hydrogens (tertiary/aromatic N) is 3. The molecule has 0 aliphatic heterocycles. The smallest absolute Gasteiger partial charge is 0.209 e. The van der Waals surface area contributed by atoms with Crippen LogP contribution in [0.3, 0.4) is 0 Å². The minimum atomic E-state index is 0.00278. The molecular weight excluding hydrogens is 234 g/mol. The number of H-pyrrole nitrogens is 1. The SMILES string of the molecule is Cc1nc(SC(c2cccnc2)C(C)N)n[nH]1. The van der Waals surface area contributed by atoms with Gasteiger partial charge in [0.25, 0.3) is 0 Å². The van der Waals surface area contributed by atoms with Crippen LogP contribution in [0.1, 0.15) is 23.6 Å². The van der Waals surface area contributed by atoms with Crippen molar-refractivity contribution in [3.8, 4) is 0 Å². The third kappa shape index (κ3) is 3.04. The summed E-state index contributed by atoms with van der Waals surface area (Å²) < 4.78 is 0. The highest BCUT2D eigenvalue weighted by Gasteiger charge is 2.19. The lowest BCUT2D eigenvalue weighted by molar-refractivity contribution is 0.716. The maximum atomic E-state index is 6.01. The molecule has 0 spiro atoms. The van der Waals surface area contributed by atoms with Crippen LogP contribution >= 0.6 is 11.8 Å². The van der Waals surface area contributed by atoms with Crippen LogP contribution in [0, 0.1) is 6.92 Å². The van der Waals surface area contributed by atoms with E-state index >= 15 is 0 Å². The molecule has 0 aliphatic carbocycles. The molecule has 0 bridgehead atoms. The predicted molar refractivity (Wildman–Crippen MR) is 67.6 cm³/mol. The molecule has 17 heavy (non-hydrogen) atoms. The van der Waals surface area contributed by atoms with Crippen molar-refractivity contribution in [1.29, 1.82) is 0 Å². The number of aromatic nitrogens is 4. The van der Waals surface area contributed by atoms with Gasteiger partial charge in [-0.3, -0.25) is 10.1 Å². The van der Waals surface area contributed by atoms with E-state index in [2.05, 4.69) is 20.2 Å². The fraction of sp³-hybridized carbons (Fsp3) is 0.364. The highest BCUT2D eigenvalue weighted by Crippen LogP contribution is 2.34. The number of aryl methyl sites for hydroxylation is 1. The van der Waals surface area contributed by atoms with Crippen molar-refractivity contribution in [2.24, 2.45) is 5.73 Å².